The van der Waals surface area contributed by atoms with Gasteiger partial charge in [-0.2, -0.15) is 8.78 Å². The highest BCUT2D eigenvalue weighted by molar-refractivity contribution is 5.87. The predicted octanol–water partition coefficient (Wildman–Crippen LogP) is 3.60. The number of likely N-dealkylation sites (N-methyl/N-ethyl adjacent to an activating group) is 1. The molecule has 6 rings (SSSR count). The Hall–Kier alpha value is -4.03. The minimum Gasteiger partial charge on any atom is -0.415 e. The van der Waals surface area contributed by atoms with Crippen LogP contribution in [0.1, 0.15) is 23.6 Å². The SMILES string of the molecule is CN1CCN(Cc2c[nH]c3cc(-c4cn(Cc5ccc(-c6nnc(C(F)F)o6)cn5)nn4)ccc23)CC1. The Morgan fingerprint density at radius 1 is 1.00 bits per heavy atom. The Kier molecular flexibility index (Phi) is 6.18. The van der Waals surface area contributed by atoms with E-state index in [0.717, 1.165) is 55.2 Å². The molecule has 0 aliphatic carbocycles. The van der Waals surface area contributed by atoms with Crippen LogP contribution in [0.4, 0.5) is 8.78 Å². The zero-order valence-corrected chi connectivity index (χ0v) is 20.2. The Balaban J connectivity index is 1.13. The summed E-state index contributed by atoms with van der Waals surface area (Å²) < 4.78 is 32.0. The second-order valence-electron chi connectivity index (χ2n) is 9.24. The van der Waals surface area contributed by atoms with Crippen LogP contribution in [0.3, 0.4) is 0 Å². The van der Waals surface area contributed by atoms with Gasteiger partial charge in [0.25, 0.3) is 5.89 Å². The molecule has 190 valence electrons. The summed E-state index contributed by atoms with van der Waals surface area (Å²) in [6, 6.07) is 9.77. The first-order chi connectivity index (χ1) is 18.0. The molecule has 5 aromatic rings. The Morgan fingerprint density at radius 2 is 1.84 bits per heavy atom. The van der Waals surface area contributed by atoms with Crippen molar-refractivity contribution >= 4 is 10.9 Å². The summed E-state index contributed by atoms with van der Waals surface area (Å²) in [4.78, 5) is 12.6. The van der Waals surface area contributed by atoms with E-state index in [-0.39, 0.29) is 5.89 Å². The van der Waals surface area contributed by atoms with Gasteiger partial charge in [0.15, 0.2) is 0 Å². The minimum atomic E-state index is -2.81. The molecule has 0 atom stereocenters. The molecule has 0 radical (unpaired) electrons. The number of fused-ring (bicyclic) bond motifs is 1. The maximum Gasteiger partial charge on any atom is 0.314 e. The average molecular weight is 506 g/mol. The van der Waals surface area contributed by atoms with Gasteiger partial charge in [-0.25, -0.2) is 4.68 Å². The molecule has 37 heavy (non-hydrogen) atoms. The van der Waals surface area contributed by atoms with Gasteiger partial charge in [-0.3, -0.25) is 9.88 Å². The molecule has 1 N–H and O–H groups in total. The number of rotatable bonds is 7. The van der Waals surface area contributed by atoms with E-state index in [1.807, 2.05) is 6.20 Å². The smallest absolute Gasteiger partial charge is 0.314 e. The lowest BCUT2D eigenvalue weighted by Crippen LogP contribution is -2.43. The second kappa shape index (κ2) is 9.79. The van der Waals surface area contributed by atoms with Crippen molar-refractivity contribution < 1.29 is 13.2 Å². The maximum absolute atomic E-state index is 12.7. The van der Waals surface area contributed by atoms with Crippen LogP contribution in [-0.4, -0.2) is 78.2 Å². The highest BCUT2D eigenvalue weighted by Gasteiger charge is 2.18. The third-order valence-corrected chi connectivity index (χ3v) is 6.61. The molecule has 12 heteroatoms. The summed E-state index contributed by atoms with van der Waals surface area (Å²) in [6.07, 6.45) is 2.67. The van der Waals surface area contributed by atoms with E-state index >= 15 is 0 Å². The quantitative estimate of drug-likeness (QED) is 0.358. The van der Waals surface area contributed by atoms with Gasteiger partial charge < -0.3 is 14.3 Å². The van der Waals surface area contributed by atoms with Gasteiger partial charge >= 0.3 is 6.43 Å². The first-order valence-corrected chi connectivity index (χ1v) is 12.0. The summed E-state index contributed by atoms with van der Waals surface area (Å²) >= 11 is 0. The fraction of sp³-hybridized carbons (Fsp3) is 0.320. The van der Waals surface area contributed by atoms with Gasteiger partial charge in [0.05, 0.1) is 24.0 Å². The third-order valence-electron chi connectivity index (χ3n) is 6.61. The third kappa shape index (κ3) is 4.98. The number of piperazine rings is 1. The maximum atomic E-state index is 12.7. The summed E-state index contributed by atoms with van der Waals surface area (Å²) in [5, 5.41) is 16.8. The van der Waals surface area contributed by atoms with Crippen molar-refractivity contribution in [2.45, 2.75) is 19.5 Å². The molecule has 5 heterocycles. The van der Waals surface area contributed by atoms with Gasteiger partial charge in [-0.15, -0.1) is 15.3 Å². The Morgan fingerprint density at radius 3 is 2.59 bits per heavy atom. The monoisotopic (exact) mass is 505 g/mol. The summed E-state index contributed by atoms with van der Waals surface area (Å²) in [6.45, 7) is 5.71. The normalized spacial score (nSPS) is 15.2. The van der Waals surface area contributed by atoms with E-state index in [2.05, 4.69) is 71.7 Å². The van der Waals surface area contributed by atoms with Gasteiger partial charge in [-0.1, -0.05) is 17.3 Å². The molecular weight excluding hydrogens is 480 g/mol. The topological polar surface area (TPSA) is 105 Å². The van der Waals surface area contributed by atoms with E-state index in [4.69, 9.17) is 4.42 Å². The van der Waals surface area contributed by atoms with Crippen LogP contribution in [0.5, 0.6) is 0 Å². The fourth-order valence-electron chi connectivity index (χ4n) is 4.48. The number of pyridine rings is 1. The molecule has 0 amide bonds. The lowest BCUT2D eigenvalue weighted by molar-refractivity contribution is 0.116. The molecular formula is C25H25F2N9O. The molecule has 1 aliphatic heterocycles. The van der Waals surface area contributed by atoms with Crippen molar-refractivity contribution in [3.63, 3.8) is 0 Å². The van der Waals surface area contributed by atoms with Crippen LogP contribution in [0.15, 0.2) is 53.3 Å². The number of aromatic amines is 1. The van der Waals surface area contributed by atoms with Crippen LogP contribution in [0, 0.1) is 0 Å². The van der Waals surface area contributed by atoms with Crippen molar-refractivity contribution in [2.75, 3.05) is 33.2 Å². The van der Waals surface area contributed by atoms with Crippen LogP contribution < -0.4 is 0 Å². The number of nitrogens with zero attached hydrogens (tertiary/aromatic N) is 8. The largest absolute Gasteiger partial charge is 0.415 e. The first-order valence-electron chi connectivity index (χ1n) is 12.0. The lowest BCUT2D eigenvalue weighted by Gasteiger charge is -2.32. The standard InChI is InChI=1S/C25H25F2N9O/c1-34-6-8-35(9-7-34)13-18-12-29-21-10-16(3-5-20(18)21)22-15-36(33-30-22)14-19-4-2-17(11-28-19)24-31-32-25(37-24)23(26)27/h2-5,10-12,15,23,29H,6-9,13-14H2,1H3. The second-order valence-corrected chi connectivity index (χ2v) is 9.24. The highest BCUT2D eigenvalue weighted by atomic mass is 19.3. The first kappa shape index (κ1) is 23.4. The van der Waals surface area contributed by atoms with Crippen molar-refractivity contribution in [1.29, 1.82) is 0 Å². The van der Waals surface area contributed by atoms with Crippen LogP contribution >= 0.6 is 0 Å². The average Bonchev–Trinajstić information content (AvgIpc) is 3.66. The van der Waals surface area contributed by atoms with Crippen molar-refractivity contribution in [3.05, 3.63) is 66.1 Å². The fourth-order valence-corrected chi connectivity index (χ4v) is 4.48. The summed E-state index contributed by atoms with van der Waals surface area (Å²) in [5.41, 5.74) is 5.30. The minimum absolute atomic E-state index is 0.00351. The number of H-pyrrole nitrogens is 1. The van der Waals surface area contributed by atoms with E-state index in [1.165, 1.54) is 17.1 Å². The lowest BCUT2D eigenvalue weighted by atomic mass is 10.1. The molecule has 0 saturated carbocycles. The van der Waals surface area contributed by atoms with Crippen LogP contribution in [0.2, 0.25) is 0 Å². The summed E-state index contributed by atoms with van der Waals surface area (Å²) in [5.74, 6) is -0.707. The highest BCUT2D eigenvalue weighted by Crippen LogP contribution is 2.26. The van der Waals surface area contributed by atoms with Gasteiger partial charge in [-0.05, 0) is 30.8 Å². The van der Waals surface area contributed by atoms with Gasteiger partial charge in [0, 0.05) is 61.6 Å². The molecule has 1 saturated heterocycles. The Bertz CT molecular complexity index is 1500. The molecule has 0 spiro atoms. The van der Waals surface area contributed by atoms with E-state index in [0.29, 0.717) is 12.1 Å². The van der Waals surface area contributed by atoms with Crippen molar-refractivity contribution in [3.8, 4) is 22.7 Å². The molecule has 0 unspecified atom stereocenters. The molecule has 0 bridgehead atoms. The number of halogens is 2. The summed E-state index contributed by atoms with van der Waals surface area (Å²) in [7, 11) is 2.17. The van der Waals surface area contributed by atoms with Crippen molar-refractivity contribution in [1.82, 2.24) is 45.0 Å². The van der Waals surface area contributed by atoms with Crippen LogP contribution in [0.25, 0.3) is 33.6 Å². The zero-order chi connectivity index (χ0) is 25.4. The molecule has 10 nitrogen and oxygen atoms in total. The van der Waals surface area contributed by atoms with E-state index < -0.39 is 12.3 Å². The van der Waals surface area contributed by atoms with Crippen molar-refractivity contribution in [2.24, 2.45) is 0 Å². The molecule has 1 aromatic carbocycles. The Labute approximate surface area is 210 Å². The number of hydrogen-bond donors (Lipinski definition) is 1. The van der Waals surface area contributed by atoms with Crippen LogP contribution in [-0.2, 0) is 13.1 Å². The number of aromatic nitrogens is 7. The van der Waals surface area contributed by atoms with Gasteiger partial charge in [0.1, 0.15) is 5.69 Å². The predicted molar refractivity (Wildman–Crippen MR) is 132 cm³/mol. The number of alkyl halides is 2. The zero-order valence-electron chi connectivity index (χ0n) is 20.2. The molecule has 1 fully saturated rings. The van der Waals surface area contributed by atoms with Gasteiger partial charge in [0.2, 0.25) is 5.89 Å². The van der Waals surface area contributed by atoms with E-state index in [9.17, 15) is 8.78 Å². The number of hydrogen-bond acceptors (Lipinski definition) is 8. The number of nitrogens with one attached hydrogen (secondary N) is 1. The molecule has 4 aromatic heterocycles. The molecule has 1 aliphatic rings. The number of benzene rings is 1. The van der Waals surface area contributed by atoms with E-state index in [1.54, 1.807) is 16.8 Å².